The molecule has 6 nitrogen and oxygen atoms in total. The molecule has 0 atom stereocenters. The molecule has 0 spiro atoms. The van der Waals surface area contributed by atoms with Crippen LogP contribution in [0.2, 0.25) is 0 Å². The summed E-state index contributed by atoms with van der Waals surface area (Å²) in [6, 6.07) is 2.37. The van der Waals surface area contributed by atoms with Crippen molar-refractivity contribution in [1.82, 2.24) is 0 Å². The normalized spacial score (nSPS) is 19.3. The van der Waals surface area contributed by atoms with Crippen LogP contribution in [0.15, 0.2) is 23.3 Å². The fourth-order valence-corrected chi connectivity index (χ4v) is 3.64. The maximum Gasteiger partial charge on any atom is 0.331 e. The van der Waals surface area contributed by atoms with Crippen molar-refractivity contribution in [2.24, 2.45) is 0 Å². The van der Waals surface area contributed by atoms with E-state index < -0.39 is 23.6 Å². The zero-order chi connectivity index (χ0) is 18.4. The summed E-state index contributed by atoms with van der Waals surface area (Å²) in [5.74, 6) is 0.152. The van der Waals surface area contributed by atoms with Gasteiger partial charge in [-0.05, 0) is 31.7 Å². The first-order chi connectivity index (χ1) is 12.5. The van der Waals surface area contributed by atoms with Crippen LogP contribution in [0.5, 0.6) is 5.75 Å². The van der Waals surface area contributed by atoms with E-state index in [4.69, 9.17) is 11.2 Å². The number of terminal acetylenes is 1. The van der Waals surface area contributed by atoms with Crippen molar-refractivity contribution in [3.05, 3.63) is 29.1 Å². The first-order valence-corrected chi connectivity index (χ1v) is 8.34. The molecule has 2 amide bonds. The number of anilines is 2. The Hall–Kier alpha value is -3.14. The molecule has 7 heteroatoms. The summed E-state index contributed by atoms with van der Waals surface area (Å²) in [5.41, 5.74) is 1.19. The lowest BCUT2D eigenvalue weighted by Crippen LogP contribution is -2.38. The monoisotopic (exact) mass is 354 g/mol. The Bertz CT molecular complexity index is 900. The fourth-order valence-electron chi connectivity index (χ4n) is 3.64. The molecule has 0 radical (unpaired) electrons. The molecule has 3 aliphatic rings. The van der Waals surface area contributed by atoms with Gasteiger partial charge in [0.2, 0.25) is 0 Å². The Morgan fingerprint density at radius 3 is 2.35 bits per heavy atom. The Balaban J connectivity index is 1.78. The van der Waals surface area contributed by atoms with Crippen LogP contribution >= 0.6 is 0 Å². The standard InChI is InChI=1S/C19H15FN2O4/c1-2-7-21-10-17(23)26-16-8-13(20)14(9-15(16)21)22-18(24)11-5-3-4-6-12(11)19(22)25/h1,8-9H,3-7,10H2. The highest BCUT2D eigenvalue weighted by molar-refractivity contribution is 6.33. The second-order valence-corrected chi connectivity index (χ2v) is 6.42. The number of hydrogen-bond acceptors (Lipinski definition) is 5. The third-order valence-electron chi connectivity index (χ3n) is 4.83. The molecule has 1 aliphatic carbocycles. The van der Waals surface area contributed by atoms with E-state index in [0.717, 1.165) is 23.8 Å². The number of esters is 1. The van der Waals surface area contributed by atoms with Crippen molar-refractivity contribution in [3.63, 3.8) is 0 Å². The van der Waals surface area contributed by atoms with Crippen molar-refractivity contribution in [2.75, 3.05) is 22.9 Å². The van der Waals surface area contributed by atoms with E-state index in [0.29, 0.717) is 29.7 Å². The topological polar surface area (TPSA) is 66.9 Å². The minimum atomic E-state index is -0.805. The van der Waals surface area contributed by atoms with Gasteiger partial charge in [-0.15, -0.1) is 6.42 Å². The van der Waals surface area contributed by atoms with Crippen LogP contribution in [0.3, 0.4) is 0 Å². The van der Waals surface area contributed by atoms with E-state index in [9.17, 15) is 18.8 Å². The van der Waals surface area contributed by atoms with Gasteiger partial charge in [0, 0.05) is 17.2 Å². The minimum absolute atomic E-state index is 0.0227. The van der Waals surface area contributed by atoms with E-state index in [1.807, 2.05) is 0 Å². The molecule has 4 rings (SSSR count). The number of carbonyl (C=O) groups is 3. The molecule has 1 aromatic rings. The molecule has 0 bridgehead atoms. The smallest absolute Gasteiger partial charge is 0.331 e. The molecule has 0 fully saturated rings. The van der Waals surface area contributed by atoms with Crippen LogP contribution in [0, 0.1) is 18.2 Å². The van der Waals surface area contributed by atoms with Crippen molar-refractivity contribution < 1.29 is 23.5 Å². The van der Waals surface area contributed by atoms with Gasteiger partial charge in [0.25, 0.3) is 11.8 Å². The van der Waals surface area contributed by atoms with Crippen molar-refractivity contribution >= 4 is 29.2 Å². The molecular formula is C19H15FN2O4. The number of carbonyl (C=O) groups excluding carboxylic acids is 3. The number of benzene rings is 1. The predicted molar refractivity (Wildman–Crippen MR) is 91.1 cm³/mol. The van der Waals surface area contributed by atoms with E-state index in [-0.39, 0.29) is 24.5 Å². The Labute approximate surface area is 149 Å². The number of imide groups is 1. The van der Waals surface area contributed by atoms with Crippen LogP contribution < -0.4 is 14.5 Å². The predicted octanol–water partition coefficient (Wildman–Crippen LogP) is 1.93. The lowest BCUT2D eigenvalue weighted by molar-refractivity contribution is -0.133. The lowest BCUT2D eigenvalue weighted by Gasteiger charge is -2.29. The molecule has 1 aromatic carbocycles. The molecule has 2 aliphatic heterocycles. The molecule has 0 N–H and O–H groups in total. The number of ether oxygens (including phenoxy) is 1. The van der Waals surface area contributed by atoms with Crippen molar-refractivity contribution in [1.29, 1.82) is 0 Å². The number of fused-ring (bicyclic) bond motifs is 1. The fraction of sp³-hybridized carbons (Fsp3) is 0.316. The van der Waals surface area contributed by atoms with Gasteiger partial charge in [-0.1, -0.05) is 5.92 Å². The van der Waals surface area contributed by atoms with Gasteiger partial charge in [0.1, 0.15) is 6.54 Å². The summed E-state index contributed by atoms with van der Waals surface area (Å²) in [7, 11) is 0. The molecule has 26 heavy (non-hydrogen) atoms. The molecule has 2 heterocycles. The maximum atomic E-state index is 14.7. The third kappa shape index (κ3) is 2.37. The zero-order valence-corrected chi connectivity index (χ0v) is 13.9. The van der Waals surface area contributed by atoms with Gasteiger partial charge < -0.3 is 9.64 Å². The highest BCUT2D eigenvalue weighted by Crippen LogP contribution is 2.41. The Morgan fingerprint density at radius 2 is 1.73 bits per heavy atom. The van der Waals surface area contributed by atoms with Crippen molar-refractivity contribution in [3.8, 4) is 18.1 Å². The van der Waals surface area contributed by atoms with Gasteiger partial charge in [-0.2, -0.15) is 0 Å². The average Bonchev–Trinajstić information content (AvgIpc) is 2.86. The highest BCUT2D eigenvalue weighted by atomic mass is 19.1. The Kier molecular flexibility index (Phi) is 3.76. The molecule has 0 unspecified atom stereocenters. The summed E-state index contributed by atoms with van der Waals surface area (Å²) in [6.07, 6.45) is 8.07. The highest BCUT2D eigenvalue weighted by Gasteiger charge is 2.41. The number of rotatable bonds is 2. The maximum absolute atomic E-state index is 14.7. The summed E-state index contributed by atoms with van der Waals surface area (Å²) < 4.78 is 19.7. The van der Waals surface area contributed by atoms with Gasteiger partial charge in [0.15, 0.2) is 11.6 Å². The van der Waals surface area contributed by atoms with E-state index in [2.05, 4.69) is 5.92 Å². The number of nitrogens with zero attached hydrogens (tertiary/aromatic N) is 2. The number of halogens is 1. The molecular weight excluding hydrogens is 339 g/mol. The SMILES string of the molecule is C#CCN1CC(=O)Oc2cc(F)c(N3C(=O)C4=C(CCCC4)C3=O)cc21. The van der Waals surface area contributed by atoms with Gasteiger partial charge in [-0.25, -0.2) is 14.1 Å². The molecule has 0 aromatic heterocycles. The van der Waals surface area contributed by atoms with Gasteiger partial charge in [0.05, 0.1) is 17.9 Å². The first kappa shape index (κ1) is 16.3. The molecule has 0 saturated carbocycles. The summed E-state index contributed by atoms with van der Waals surface area (Å²) in [6.45, 7) is 0.0305. The van der Waals surface area contributed by atoms with Crippen molar-refractivity contribution in [2.45, 2.75) is 25.7 Å². The summed E-state index contributed by atoms with van der Waals surface area (Å²) in [5, 5.41) is 0. The van der Waals surface area contributed by atoms with Crippen LogP contribution in [0.25, 0.3) is 0 Å². The minimum Gasteiger partial charge on any atom is -0.423 e. The first-order valence-electron chi connectivity index (χ1n) is 8.34. The molecule has 0 saturated heterocycles. The third-order valence-corrected chi connectivity index (χ3v) is 4.83. The van der Waals surface area contributed by atoms with E-state index in [1.165, 1.54) is 6.07 Å². The van der Waals surface area contributed by atoms with E-state index in [1.54, 1.807) is 4.90 Å². The van der Waals surface area contributed by atoms with E-state index >= 15 is 0 Å². The second kappa shape index (κ2) is 5.99. The second-order valence-electron chi connectivity index (χ2n) is 6.42. The Morgan fingerprint density at radius 1 is 1.08 bits per heavy atom. The van der Waals surface area contributed by atoms with Gasteiger partial charge in [-0.3, -0.25) is 9.59 Å². The van der Waals surface area contributed by atoms with Crippen LogP contribution in [0.1, 0.15) is 25.7 Å². The largest absolute Gasteiger partial charge is 0.423 e. The number of amides is 2. The lowest BCUT2D eigenvalue weighted by atomic mass is 9.93. The quantitative estimate of drug-likeness (QED) is 0.351. The average molecular weight is 354 g/mol. The molecule has 132 valence electrons. The van der Waals surface area contributed by atoms with Crippen LogP contribution in [-0.2, 0) is 14.4 Å². The van der Waals surface area contributed by atoms with Crippen LogP contribution in [0.4, 0.5) is 15.8 Å². The summed E-state index contributed by atoms with van der Waals surface area (Å²) >= 11 is 0. The van der Waals surface area contributed by atoms with Crippen LogP contribution in [-0.4, -0.2) is 30.9 Å². The number of hydrogen-bond donors (Lipinski definition) is 0. The summed E-state index contributed by atoms with van der Waals surface area (Å²) in [4.78, 5) is 39.4. The van der Waals surface area contributed by atoms with Gasteiger partial charge >= 0.3 is 5.97 Å². The zero-order valence-electron chi connectivity index (χ0n) is 13.9.